The van der Waals surface area contributed by atoms with Crippen molar-refractivity contribution in [2.24, 2.45) is 0 Å². The van der Waals surface area contributed by atoms with Crippen LogP contribution in [0.15, 0.2) is 53.3 Å². The maximum Gasteiger partial charge on any atom is 0.258 e. The SMILES string of the molecule is C[C@H](c1nc2ccccc2c(=O)[nH]1)N(C)CCOc1ccc(F)cc1. The zero-order valence-corrected chi connectivity index (χ0v) is 14.2. The van der Waals surface area contributed by atoms with Crippen molar-refractivity contribution in [2.75, 3.05) is 20.2 Å². The summed E-state index contributed by atoms with van der Waals surface area (Å²) in [5.74, 6) is 0.956. The number of halogens is 1. The molecule has 6 heteroatoms. The molecule has 3 rings (SSSR count). The summed E-state index contributed by atoms with van der Waals surface area (Å²) in [5.41, 5.74) is 0.549. The highest BCUT2D eigenvalue weighted by Gasteiger charge is 2.15. The van der Waals surface area contributed by atoms with E-state index in [9.17, 15) is 9.18 Å². The van der Waals surface area contributed by atoms with Crippen LogP contribution in [0.3, 0.4) is 0 Å². The molecule has 130 valence electrons. The molecule has 0 aliphatic rings. The largest absolute Gasteiger partial charge is 0.492 e. The maximum atomic E-state index is 12.9. The van der Waals surface area contributed by atoms with Gasteiger partial charge in [0, 0.05) is 6.54 Å². The fraction of sp³-hybridized carbons (Fsp3) is 0.263. The van der Waals surface area contributed by atoms with Crippen LogP contribution in [-0.4, -0.2) is 35.1 Å². The summed E-state index contributed by atoms with van der Waals surface area (Å²) in [6.07, 6.45) is 0. The molecule has 0 spiro atoms. The highest BCUT2D eigenvalue weighted by molar-refractivity contribution is 5.77. The summed E-state index contributed by atoms with van der Waals surface area (Å²) in [6.45, 7) is 3.06. The van der Waals surface area contributed by atoms with E-state index in [2.05, 4.69) is 9.97 Å². The third kappa shape index (κ3) is 4.03. The molecule has 0 fully saturated rings. The molecular weight excluding hydrogens is 321 g/mol. The lowest BCUT2D eigenvalue weighted by Crippen LogP contribution is -2.29. The average Bonchev–Trinajstić information content (AvgIpc) is 2.62. The lowest BCUT2D eigenvalue weighted by Gasteiger charge is -2.24. The van der Waals surface area contributed by atoms with Gasteiger partial charge in [-0.15, -0.1) is 0 Å². The Hall–Kier alpha value is -2.73. The number of aromatic nitrogens is 2. The monoisotopic (exact) mass is 341 g/mol. The van der Waals surface area contributed by atoms with Crippen molar-refractivity contribution in [3.8, 4) is 5.75 Å². The minimum absolute atomic E-state index is 0.0749. The Bertz CT molecular complexity index is 908. The second-order valence-corrected chi connectivity index (χ2v) is 5.93. The number of hydrogen-bond donors (Lipinski definition) is 1. The number of likely N-dealkylation sites (N-methyl/N-ethyl adjacent to an activating group) is 1. The molecule has 0 saturated carbocycles. The molecule has 0 radical (unpaired) electrons. The van der Waals surface area contributed by atoms with Crippen molar-refractivity contribution in [3.05, 3.63) is 70.5 Å². The summed E-state index contributed by atoms with van der Waals surface area (Å²) in [6, 6.07) is 13.1. The zero-order valence-electron chi connectivity index (χ0n) is 14.2. The number of nitrogens with zero attached hydrogens (tertiary/aromatic N) is 2. The van der Waals surface area contributed by atoms with Gasteiger partial charge in [0.05, 0.1) is 16.9 Å². The van der Waals surface area contributed by atoms with Gasteiger partial charge in [0.15, 0.2) is 0 Å². The number of benzene rings is 2. The predicted octanol–water partition coefficient (Wildman–Crippen LogP) is 3.13. The highest BCUT2D eigenvalue weighted by Crippen LogP contribution is 2.16. The molecule has 1 heterocycles. The quantitative estimate of drug-likeness (QED) is 0.748. The van der Waals surface area contributed by atoms with Crippen molar-refractivity contribution >= 4 is 10.9 Å². The van der Waals surface area contributed by atoms with Gasteiger partial charge in [-0.25, -0.2) is 9.37 Å². The lowest BCUT2D eigenvalue weighted by atomic mass is 10.2. The Morgan fingerprint density at radius 2 is 1.92 bits per heavy atom. The van der Waals surface area contributed by atoms with E-state index >= 15 is 0 Å². The second kappa shape index (κ2) is 7.44. The number of nitrogens with one attached hydrogen (secondary N) is 1. The molecule has 0 aliphatic carbocycles. The number of fused-ring (bicyclic) bond motifs is 1. The average molecular weight is 341 g/mol. The van der Waals surface area contributed by atoms with E-state index in [1.807, 2.05) is 37.1 Å². The second-order valence-electron chi connectivity index (χ2n) is 5.93. The first-order valence-corrected chi connectivity index (χ1v) is 8.12. The van der Waals surface area contributed by atoms with Gasteiger partial charge in [-0.05, 0) is 50.4 Å². The molecule has 2 aromatic carbocycles. The topological polar surface area (TPSA) is 58.2 Å². The fourth-order valence-corrected chi connectivity index (χ4v) is 2.54. The number of para-hydroxylation sites is 1. The van der Waals surface area contributed by atoms with Crippen LogP contribution in [0.2, 0.25) is 0 Å². The van der Waals surface area contributed by atoms with Crippen LogP contribution < -0.4 is 10.3 Å². The van der Waals surface area contributed by atoms with Gasteiger partial charge in [0.25, 0.3) is 5.56 Å². The van der Waals surface area contributed by atoms with E-state index in [0.29, 0.717) is 35.6 Å². The van der Waals surface area contributed by atoms with Gasteiger partial charge >= 0.3 is 0 Å². The molecule has 0 bridgehead atoms. The number of rotatable bonds is 6. The van der Waals surface area contributed by atoms with E-state index in [0.717, 1.165) is 0 Å². The Labute approximate surface area is 145 Å². The van der Waals surface area contributed by atoms with Gasteiger partial charge in [0.1, 0.15) is 24.0 Å². The maximum absolute atomic E-state index is 12.9. The van der Waals surface area contributed by atoms with Crippen LogP contribution in [0.5, 0.6) is 5.75 Å². The van der Waals surface area contributed by atoms with E-state index < -0.39 is 0 Å². The summed E-state index contributed by atoms with van der Waals surface area (Å²) >= 11 is 0. The minimum Gasteiger partial charge on any atom is -0.492 e. The summed E-state index contributed by atoms with van der Waals surface area (Å²) in [7, 11) is 1.94. The predicted molar refractivity (Wildman–Crippen MR) is 95.3 cm³/mol. The van der Waals surface area contributed by atoms with E-state index in [1.165, 1.54) is 12.1 Å². The van der Waals surface area contributed by atoms with Gasteiger partial charge in [-0.3, -0.25) is 9.69 Å². The Morgan fingerprint density at radius 1 is 1.20 bits per heavy atom. The van der Waals surface area contributed by atoms with Gasteiger partial charge in [-0.1, -0.05) is 12.1 Å². The van der Waals surface area contributed by atoms with Crippen molar-refractivity contribution in [1.29, 1.82) is 0 Å². The number of hydrogen-bond acceptors (Lipinski definition) is 4. The number of ether oxygens (including phenoxy) is 1. The Balaban J connectivity index is 1.64. The Morgan fingerprint density at radius 3 is 2.68 bits per heavy atom. The van der Waals surface area contributed by atoms with Crippen LogP contribution in [-0.2, 0) is 0 Å². The smallest absolute Gasteiger partial charge is 0.258 e. The third-order valence-electron chi connectivity index (χ3n) is 4.21. The normalized spacial score (nSPS) is 12.5. The summed E-state index contributed by atoms with van der Waals surface area (Å²) < 4.78 is 18.5. The van der Waals surface area contributed by atoms with Gasteiger partial charge in [0.2, 0.25) is 0 Å². The first-order valence-electron chi connectivity index (χ1n) is 8.12. The molecule has 3 aromatic rings. The first kappa shape index (κ1) is 17.1. The van der Waals surface area contributed by atoms with Crippen LogP contribution in [0.25, 0.3) is 10.9 Å². The summed E-state index contributed by atoms with van der Waals surface area (Å²) in [4.78, 5) is 21.6. The summed E-state index contributed by atoms with van der Waals surface area (Å²) in [5, 5.41) is 0.584. The number of H-pyrrole nitrogens is 1. The van der Waals surface area contributed by atoms with Gasteiger partial charge < -0.3 is 9.72 Å². The van der Waals surface area contributed by atoms with Crippen LogP contribution >= 0.6 is 0 Å². The minimum atomic E-state index is -0.288. The van der Waals surface area contributed by atoms with E-state index in [4.69, 9.17) is 4.74 Å². The first-order chi connectivity index (χ1) is 12.0. The molecule has 0 saturated heterocycles. The molecule has 0 aliphatic heterocycles. The molecule has 5 nitrogen and oxygen atoms in total. The van der Waals surface area contributed by atoms with E-state index in [1.54, 1.807) is 18.2 Å². The van der Waals surface area contributed by atoms with E-state index in [-0.39, 0.29) is 17.4 Å². The van der Waals surface area contributed by atoms with Crippen LogP contribution in [0.4, 0.5) is 4.39 Å². The molecule has 1 atom stereocenters. The van der Waals surface area contributed by atoms with Crippen LogP contribution in [0, 0.1) is 5.82 Å². The molecule has 1 aromatic heterocycles. The van der Waals surface area contributed by atoms with Crippen molar-refractivity contribution in [1.82, 2.24) is 14.9 Å². The third-order valence-corrected chi connectivity index (χ3v) is 4.21. The molecular formula is C19H20FN3O2. The van der Waals surface area contributed by atoms with Crippen molar-refractivity contribution in [3.63, 3.8) is 0 Å². The highest BCUT2D eigenvalue weighted by atomic mass is 19.1. The van der Waals surface area contributed by atoms with Gasteiger partial charge in [-0.2, -0.15) is 0 Å². The van der Waals surface area contributed by atoms with Crippen molar-refractivity contribution < 1.29 is 9.13 Å². The van der Waals surface area contributed by atoms with Crippen LogP contribution in [0.1, 0.15) is 18.8 Å². The molecule has 1 N–H and O–H groups in total. The standard InChI is InChI=1S/C19H20FN3O2/c1-13(18-21-17-6-4-3-5-16(17)19(24)22-18)23(2)11-12-25-15-9-7-14(20)8-10-15/h3-10,13H,11-12H2,1-2H3,(H,21,22,24)/t13-/m1/s1. The Kier molecular flexibility index (Phi) is 5.09. The molecule has 25 heavy (non-hydrogen) atoms. The fourth-order valence-electron chi connectivity index (χ4n) is 2.54. The lowest BCUT2D eigenvalue weighted by molar-refractivity contribution is 0.196. The zero-order chi connectivity index (χ0) is 17.8. The molecule has 0 unspecified atom stereocenters. The van der Waals surface area contributed by atoms with Crippen molar-refractivity contribution in [2.45, 2.75) is 13.0 Å². The molecule has 0 amide bonds. The number of aromatic amines is 1.